The summed E-state index contributed by atoms with van der Waals surface area (Å²) in [6, 6.07) is 21.9. The Morgan fingerprint density at radius 2 is 1.72 bits per heavy atom. The van der Waals surface area contributed by atoms with Crippen LogP contribution in [0.2, 0.25) is 0 Å². The third-order valence-electron chi connectivity index (χ3n) is 4.98. The zero-order valence-electron chi connectivity index (χ0n) is 14.2. The molecule has 1 atom stereocenters. The summed E-state index contributed by atoms with van der Waals surface area (Å²) in [4.78, 5) is 2.36. The zero-order chi connectivity index (χ0) is 17.1. The highest BCUT2D eigenvalue weighted by atomic mass is 19.1. The number of anilines is 1. The van der Waals surface area contributed by atoms with Gasteiger partial charge < -0.3 is 4.90 Å². The summed E-state index contributed by atoms with van der Waals surface area (Å²) in [6.45, 7) is 2.04. The average molecular weight is 331 g/mol. The van der Waals surface area contributed by atoms with Crippen molar-refractivity contribution in [1.82, 2.24) is 0 Å². The third-order valence-corrected chi connectivity index (χ3v) is 4.98. The summed E-state index contributed by atoms with van der Waals surface area (Å²) < 4.78 is 13.1. The van der Waals surface area contributed by atoms with Gasteiger partial charge in [-0.25, -0.2) is 4.39 Å². The first-order valence-electron chi connectivity index (χ1n) is 8.95. The zero-order valence-corrected chi connectivity index (χ0v) is 14.2. The maximum Gasteiger partial charge on any atom is 0.123 e. The van der Waals surface area contributed by atoms with Crippen LogP contribution < -0.4 is 4.90 Å². The molecule has 25 heavy (non-hydrogen) atoms. The van der Waals surface area contributed by atoms with Crippen molar-refractivity contribution in [2.45, 2.75) is 12.8 Å². The molecule has 3 aromatic carbocycles. The van der Waals surface area contributed by atoms with Crippen LogP contribution in [0, 0.1) is 11.7 Å². The molecule has 4 rings (SSSR count). The maximum atomic E-state index is 13.1. The fraction of sp³-hybridized carbons (Fsp3) is 0.217. The van der Waals surface area contributed by atoms with Crippen molar-refractivity contribution >= 4 is 22.5 Å². The Morgan fingerprint density at radius 1 is 0.920 bits per heavy atom. The minimum atomic E-state index is -0.173. The van der Waals surface area contributed by atoms with Crippen LogP contribution in [0.1, 0.15) is 18.4 Å². The van der Waals surface area contributed by atoms with Gasteiger partial charge in [-0.3, -0.25) is 0 Å². The van der Waals surface area contributed by atoms with E-state index in [4.69, 9.17) is 0 Å². The van der Waals surface area contributed by atoms with E-state index in [1.807, 2.05) is 12.1 Å². The second-order valence-electron chi connectivity index (χ2n) is 6.79. The van der Waals surface area contributed by atoms with E-state index in [0.29, 0.717) is 5.92 Å². The molecule has 0 aliphatic carbocycles. The van der Waals surface area contributed by atoms with Crippen LogP contribution in [0.5, 0.6) is 0 Å². The summed E-state index contributed by atoms with van der Waals surface area (Å²) in [5, 5.41) is 2.56. The molecule has 1 nitrogen and oxygen atoms in total. The van der Waals surface area contributed by atoms with Crippen LogP contribution >= 0.6 is 0 Å². The van der Waals surface area contributed by atoms with Gasteiger partial charge in [0.15, 0.2) is 0 Å². The monoisotopic (exact) mass is 331 g/mol. The first kappa shape index (κ1) is 15.9. The molecule has 2 heteroatoms. The second kappa shape index (κ2) is 7.10. The van der Waals surface area contributed by atoms with Gasteiger partial charge in [-0.1, -0.05) is 48.6 Å². The van der Waals surface area contributed by atoms with E-state index in [1.54, 1.807) is 12.1 Å². The molecule has 0 amide bonds. The van der Waals surface area contributed by atoms with Crippen molar-refractivity contribution in [3.63, 3.8) is 0 Å². The topological polar surface area (TPSA) is 3.24 Å². The highest BCUT2D eigenvalue weighted by Gasteiger charge is 2.18. The van der Waals surface area contributed by atoms with Crippen LogP contribution in [0.4, 0.5) is 10.1 Å². The van der Waals surface area contributed by atoms with Gasteiger partial charge in [-0.2, -0.15) is 0 Å². The van der Waals surface area contributed by atoms with E-state index in [0.717, 1.165) is 18.8 Å². The number of hydrogen-bond donors (Lipinski definition) is 0. The lowest BCUT2D eigenvalue weighted by Crippen LogP contribution is -2.34. The fourth-order valence-electron chi connectivity index (χ4n) is 3.61. The van der Waals surface area contributed by atoms with Crippen molar-refractivity contribution in [3.8, 4) is 0 Å². The molecule has 3 aromatic rings. The van der Waals surface area contributed by atoms with Crippen molar-refractivity contribution in [1.29, 1.82) is 0 Å². The highest BCUT2D eigenvalue weighted by molar-refractivity contribution is 5.84. The summed E-state index contributed by atoms with van der Waals surface area (Å²) in [6.07, 6.45) is 6.96. The van der Waals surface area contributed by atoms with E-state index in [2.05, 4.69) is 59.5 Å². The van der Waals surface area contributed by atoms with Crippen LogP contribution in [-0.4, -0.2) is 13.1 Å². The molecule has 0 bridgehead atoms. The van der Waals surface area contributed by atoms with Crippen LogP contribution in [0.25, 0.3) is 16.8 Å². The summed E-state index contributed by atoms with van der Waals surface area (Å²) >= 11 is 0. The van der Waals surface area contributed by atoms with Gasteiger partial charge in [-0.15, -0.1) is 0 Å². The maximum absolute atomic E-state index is 13.1. The Hall–Kier alpha value is -2.61. The third kappa shape index (κ3) is 3.74. The highest BCUT2D eigenvalue weighted by Crippen LogP contribution is 2.25. The van der Waals surface area contributed by atoms with E-state index in [9.17, 15) is 4.39 Å². The van der Waals surface area contributed by atoms with Gasteiger partial charge in [0.25, 0.3) is 0 Å². The lowest BCUT2D eigenvalue weighted by molar-refractivity contribution is 0.486. The molecule has 126 valence electrons. The van der Waals surface area contributed by atoms with Gasteiger partial charge in [0.05, 0.1) is 0 Å². The van der Waals surface area contributed by atoms with Gasteiger partial charge >= 0.3 is 0 Å². The Bertz CT molecular complexity index is 882. The quantitative estimate of drug-likeness (QED) is 0.577. The van der Waals surface area contributed by atoms with Crippen molar-refractivity contribution in [2.24, 2.45) is 5.92 Å². The Balaban J connectivity index is 1.47. The van der Waals surface area contributed by atoms with Crippen LogP contribution in [0.15, 0.2) is 72.8 Å². The van der Waals surface area contributed by atoms with Crippen molar-refractivity contribution in [3.05, 3.63) is 84.2 Å². The van der Waals surface area contributed by atoms with Gasteiger partial charge in [0, 0.05) is 18.8 Å². The number of piperidine rings is 1. The van der Waals surface area contributed by atoms with Crippen molar-refractivity contribution in [2.75, 3.05) is 18.0 Å². The molecule has 1 saturated heterocycles. The Labute approximate surface area is 148 Å². The van der Waals surface area contributed by atoms with Crippen LogP contribution in [-0.2, 0) is 0 Å². The smallest absolute Gasteiger partial charge is 0.123 e. The molecule has 0 spiro atoms. The first-order valence-corrected chi connectivity index (χ1v) is 8.95. The minimum absolute atomic E-state index is 0.173. The largest absolute Gasteiger partial charge is 0.371 e. The molecule has 1 heterocycles. The standard InChI is InChI=1S/C23H22FN/c24-22-11-13-23(14-12-22)25-15-3-4-19(17-25)8-7-18-9-10-20-5-1-2-6-21(20)16-18/h1-2,5-14,16,19H,3-4,15,17H2. The van der Waals surface area contributed by atoms with E-state index < -0.39 is 0 Å². The number of nitrogens with zero attached hydrogens (tertiary/aromatic N) is 1. The molecule has 1 aliphatic heterocycles. The molecule has 1 unspecified atom stereocenters. The lowest BCUT2D eigenvalue weighted by atomic mass is 9.96. The number of rotatable bonds is 3. The number of hydrogen-bond acceptors (Lipinski definition) is 1. The molecular formula is C23H22FN. The number of benzene rings is 3. The Kier molecular flexibility index (Phi) is 4.51. The summed E-state index contributed by atoms with van der Waals surface area (Å²) in [5.41, 5.74) is 2.36. The van der Waals surface area contributed by atoms with Gasteiger partial charge in [0.1, 0.15) is 5.82 Å². The number of fused-ring (bicyclic) bond motifs is 1. The van der Waals surface area contributed by atoms with Gasteiger partial charge in [0.2, 0.25) is 0 Å². The lowest BCUT2D eigenvalue weighted by Gasteiger charge is -2.33. The molecule has 0 aromatic heterocycles. The predicted molar refractivity (Wildman–Crippen MR) is 104 cm³/mol. The van der Waals surface area contributed by atoms with Crippen molar-refractivity contribution < 1.29 is 4.39 Å². The van der Waals surface area contributed by atoms with Crippen LogP contribution in [0.3, 0.4) is 0 Å². The van der Waals surface area contributed by atoms with E-state index >= 15 is 0 Å². The first-order chi connectivity index (χ1) is 12.3. The summed E-state index contributed by atoms with van der Waals surface area (Å²) in [7, 11) is 0. The molecule has 1 aliphatic rings. The molecule has 0 N–H and O–H groups in total. The summed E-state index contributed by atoms with van der Waals surface area (Å²) in [5.74, 6) is 0.360. The second-order valence-corrected chi connectivity index (χ2v) is 6.79. The normalized spacial score (nSPS) is 18.1. The number of halogens is 1. The molecular weight excluding hydrogens is 309 g/mol. The minimum Gasteiger partial charge on any atom is -0.371 e. The van der Waals surface area contributed by atoms with E-state index in [-0.39, 0.29) is 5.82 Å². The van der Waals surface area contributed by atoms with Gasteiger partial charge in [-0.05, 0) is 65.4 Å². The molecule has 1 fully saturated rings. The Morgan fingerprint density at radius 3 is 2.56 bits per heavy atom. The SMILES string of the molecule is Fc1ccc(N2CCCC(C=Cc3ccc4ccccc4c3)C2)cc1. The fourth-order valence-corrected chi connectivity index (χ4v) is 3.61. The average Bonchev–Trinajstić information content (AvgIpc) is 2.67. The van der Waals surface area contributed by atoms with E-state index in [1.165, 1.54) is 29.2 Å². The molecule has 0 radical (unpaired) electrons. The predicted octanol–water partition coefficient (Wildman–Crippen LogP) is 5.91. The molecule has 0 saturated carbocycles.